The smallest absolute Gasteiger partial charge is 0.246 e. The Bertz CT molecular complexity index is 969. The Morgan fingerprint density at radius 3 is 2.67 bits per heavy atom. The highest BCUT2D eigenvalue weighted by atomic mass is 32.2. The zero-order chi connectivity index (χ0) is 17.5. The summed E-state index contributed by atoms with van der Waals surface area (Å²) in [4.78, 5) is 7.81. The number of H-pyrrole nitrogens is 1. The third kappa shape index (κ3) is 2.94. The fourth-order valence-corrected chi connectivity index (χ4v) is 4.36. The largest absolute Gasteiger partial charge is 0.360 e. The second kappa shape index (κ2) is 6.03. The molecule has 0 radical (unpaired) electrons. The predicted molar refractivity (Wildman–Crippen MR) is 90.2 cm³/mol. The van der Waals surface area contributed by atoms with Gasteiger partial charge in [-0.15, -0.1) is 0 Å². The van der Waals surface area contributed by atoms with Gasteiger partial charge < -0.3 is 9.51 Å². The minimum Gasteiger partial charge on any atom is -0.360 e. The van der Waals surface area contributed by atoms with E-state index < -0.39 is 16.1 Å². The van der Waals surface area contributed by atoms with E-state index in [1.807, 2.05) is 32.0 Å². The predicted octanol–water partition coefficient (Wildman–Crippen LogP) is 2.91. The summed E-state index contributed by atoms with van der Waals surface area (Å²) >= 11 is 0. The zero-order valence-electron chi connectivity index (χ0n) is 14.0. The van der Waals surface area contributed by atoms with Crippen LogP contribution in [-0.2, 0) is 10.0 Å². The minimum atomic E-state index is -3.75. The average Bonchev–Trinajstić information content (AvgIpc) is 3.07. The average molecular weight is 348 g/mol. The van der Waals surface area contributed by atoms with Crippen LogP contribution in [0, 0.1) is 20.8 Å². The van der Waals surface area contributed by atoms with E-state index in [9.17, 15) is 8.42 Å². The van der Waals surface area contributed by atoms with Gasteiger partial charge in [0.05, 0.1) is 17.1 Å². The van der Waals surface area contributed by atoms with Gasteiger partial charge >= 0.3 is 0 Å². The van der Waals surface area contributed by atoms with E-state index in [0.717, 1.165) is 16.6 Å². The molecule has 0 saturated heterocycles. The number of benzene rings is 1. The van der Waals surface area contributed by atoms with Crippen molar-refractivity contribution in [3.05, 3.63) is 41.0 Å². The van der Waals surface area contributed by atoms with Crippen LogP contribution in [0.15, 0.2) is 27.6 Å². The van der Waals surface area contributed by atoms with Crippen LogP contribution in [0.1, 0.15) is 42.2 Å². The van der Waals surface area contributed by atoms with Crippen LogP contribution in [0.2, 0.25) is 0 Å². The molecule has 1 aromatic carbocycles. The van der Waals surface area contributed by atoms with Crippen molar-refractivity contribution >= 4 is 21.1 Å². The monoisotopic (exact) mass is 348 g/mol. The van der Waals surface area contributed by atoms with Crippen molar-refractivity contribution in [3.63, 3.8) is 0 Å². The van der Waals surface area contributed by atoms with Gasteiger partial charge in [0.25, 0.3) is 0 Å². The molecule has 0 fully saturated rings. The first-order valence-corrected chi connectivity index (χ1v) is 9.21. The molecule has 0 amide bonds. The number of imidazole rings is 1. The number of hydrogen-bond donors (Lipinski definition) is 2. The molecule has 8 heteroatoms. The number of sulfonamides is 1. The first-order valence-electron chi connectivity index (χ1n) is 7.73. The Morgan fingerprint density at radius 1 is 1.29 bits per heavy atom. The molecular formula is C16H20N4O3S. The van der Waals surface area contributed by atoms with Crippen molar-refractivity contribution < 1.29 is 12.9 Å². The van der Waals surface area contributed by atoms with E-state index >= 15 is 0 Å². The Labute approximate surface area is 140 Å². The topological polar surface area (TPSA) is 101 Å². The lowest BCUT2D eigenvalue weighted by Gasteiger charge is -2.14. The third-order valence-electron chi connectivity index (χ3n) is 3.93. The number of hydrogen-bond acceptors (Lipinski definition) is 5. The second-order valence-corrected chi connectivity index (χ2v) is 7.53. The number of nitrogens with one attached hydrogen (secondary N) is 2. The van der Waals surface area contributed by atoms with Gasteiger partial charge in [0.2, 0.25) is 10.0 Å². The SMILES string of the molecule is CCC(NS(=O)(=O)c1c(C)noc1C)c1nc2ccc(C)cc2[nH]1. The van der Waals surface area contributed by atoms with Crippen molar-refractivity contribution in [2.45, 2.75) is 45.1 Å². The first kappa shape index (κ1) is 16.7. The van der Waals surface area contributed by atoms with E-state index in [1.54, 1.807) is 13.8 Å². The maximum absolute atomic E-state index is 12.7. The van der Waals surface area contributed by atoms with Crippen LogP contribution < -0.4 is 4.72 Å². The van der Waals surface area contributed by atoms with E-state index in [1.165, 1.54) is 0 Å². The molecule has 7 nitrogen and oxygen atoms in total. The van der Waals surface area contributed by atoms with Crippen molar-refractivity contribution in [2.24, 2.45) is 0 Å². The van der Waals surface area contributed by atoms with Gasteiger partial charge in [0.15, 0.2) is 5.76 Å². The van der Waals surface area contributed by atoms with E-state index in [-0.39, 0.29) is 10.7 Å². The summed E-state index contributed by atoms with van der Waals surface area (Å²) in [5, 5.41) is 3.72. The van der Waals surface area contributed by atoms with E-state index in [2.05, 4.69) is 19.8 Å². The Morgan fingerprint density at radius 2 is 2.04 bits per heavy atom. The van der Waals surface area contributed by atoms with E-state index in [0.29, 0.717) is 17.9 Å². The summed E-state index contributed by atoms with van der Waals surface area (Å²) < 4.78 is 33.1. The highest BCUT2D eigenvalue weighted by Gasteiger charge is 2.28. The standard InChI is InChI=1S/C16H20N4O3S/c1-5-12(16-17-13-7-6-9(2)8-14(13)18-16)20-24(21,22)15-10(3)19-23-11(15)4/h6-8,12,20H,5H2,1-4H3,(H,17,18). The van der Waals surface area contributed by atoms with Gasteiger partial charge in [0, 0.05) is 0 Å². The Hall–Kier alpha value is -2.19. The van der Waals surface area contributed by atoms with Crippen LogP contribution in [0.25, 0.3) is 11.0 Å². The molecule has 0 aliphatic rings. The number of aromatic nitrogens is 3. The van der Waals surface area contributed by atoms with Gasteiger partial charge in [-0.1, -0.05) is 18.1 Å². The molecule has 0 aliphatic heterocycles. The summed E-state index contributed by atoms with van der Waals surface area (Å²) in [7, 11) is -3.75. The van der Waals surface area contributed by atoms with Gasteiger partial charge in [-0.2, -0.15) is 0 Å². The second-order valence-electron chi connectivity index (χ2n) is 5.88. The lowest BCUT2D eigenvalue weighted by Crippen LogP contribution is -2.29. The van der Waals surface area contributed by atoms with Crippen LogP contribution in [-0.4, -0.2) is 23.5 Å². The molecule has 2 aromatic heterocycles. The van der Waals surface area contributed by atoms with Gasteiger partial charge in [-0.3, -0.25) is 0 Å². The fraction of sp³-hybridized carbons (Fsp3) is 0.375. The molecule has 1 unspecified atom stereocenters. The zero-order valence-corrected chi connectivity index (χ0v) is 14.9. The number of nitrogens with zero attached hydrogens (tertiary/aromatic N) is 2. The molecular weight excluding hydrogens is 328 g/mol. The summed E-state index contributed by atoms with van der Waals surface area (Å²) in [5.41, 5.74) is 3.16. The van der Waals surface area contributed by atoms with Crippen molar-refractivity contribution in [1.29, 1.82) is 0 Å². The molecule has 0 aliphatic carbocycles. The van der Waals surface area contributed by atoms with Gasteiger partial charge in [-0.25, -0.2) is 18.1 Å². The molecule has 0 saturated carbocycles. The molecule has 0 spiro atoms. The van der Waals surface area contributed by atoms with Crippen LogP contribution in [0.5, 0.6) is 0 Å². The Balaban J connectivity index is 1.96. The molecule has 3 rings (SSSR count). The lowest BCUT2D eigenvalue weighted by molar-refractivity contribution is 0.390. The molecule has 0 bridgehead atoms. The number of rotatable bonds is 5. The number of aromatic amines is 1. The molecule has 1 atom stereocenters. The van der Waals surface area contributed by atoms with Gasteiger partial charge in [-0.05, 0) is 44.9 Å². The Kier molecular flexibility index (Phi) is 4.18. The molecule has 2 N–H and O–H groups in total. The molecule has 24 heavy (non-hydrogen) atoms. The van der Waals surface area contributed by atoms with Crippen LogP contribution in [0.3, 0.4) is 0 Å². The van der Waals surface area contributed by atoms with Crippen molar-refractivity contribution in [1.82, 2.24) is 19.8 Å². The van der Waals surface area contributed by atoms with Crippen molar-refractivity contribution in [2.75, 3.05) is 0 Å². The van der Waals surface area contributed by atoms with Gasteiger partial charge in [0.1, 0.15) is 16.4 Å². The van der Waals surface area contributed by atoms with Crippen molar-refractivity contribution in [3.8, 4) is 0 Å². The van der Waals surface area contributed by atoms with E-state index in [4.69, 9.17) is 4.52 Å². The summed E-state index contributed by atoms with van der Waals surface area (Å²) in [6.07, 6.45) is 0.557. The summed E-state index contributed by atoms with van der Waals surface area (Å²) in [6.45, 7) is 7.09. The lowest BCUT2D eigenvalue weighted by atomic mass is 10.2. The normalized spacial score (nSPS) is 13.5. The fourth-order valence-electron chi connectivity index (χ4n) is 2.75. The van der Waals surface area contributed by atoms with Crippen LogP contribution >= 0.6 is 0 Å². The highest BCUT2D eigenvalue weighted by molar-refractivity contribution is 7.89. The number of aryl methyl sites for hydroxylation is 3. The minimum absolute atomic E-state index is 0.0907. The molecule has 128 valence electrons. The molecule has 3 aromatic rings. The quantitative estimate of drug-likeness (QED) is 0.738. The highest BCUT2D eigenvalue weighted by Crippen LogP contribution is 2.24. The maximum Gasteiger partial charge on any atom is 0.246 e. The first-order chi connectivity index (χ1) is 11.3. The third-order valence-corrected chi connectivity index (χ3v) is 5.64. The summed E-state index contributed by atoms with van der Waals surface area (Å²) in [5.74, 6) is 0.864. The van der Waals surface area contributed by atoms with Crippen LogP contribution in [0.4, 0.5) is 0 Å². The molecule has 2 heterocycles. The maximum atomic E-state index is 12.7. The number of fused-ring (bicyclic) bond motifs is 1. The summed E-state index contributed by atoms with van der Waals surface area (Å²) in [6, 6.07) is 5.42.